The van der Waals surface area contributed by atoms with Gasteiger partial charge in [-0.05, 0) is 178 Å². The van der Waals surface area contributed by atoms with Gasteiger partial charge in [-0.2, -0.15) is 0 Å². The van der Waals surface area contributed by atoms with Crippen molar-refractivity contribution in [1.29, 1.82) is 0 Å². The van der Waals surface area contributed by atoms with Gasteiger partial charge in [0.25, 0.3) is 0 Å². The molecule has 2 aliphatic rings. The number of benzene rings is 11. The van der Waals surface area contributed by atoms with Crippen LogP contribution in [0.1, 0.15) is 72.9 Å². The van der Waals surface area contributed by atoms with Gasteiger partial charge < -0.3 is 4.90 Å². The van der Waals surface area contributed by atoms with Gasteiger partial charge in [-0.1, -0.05) is 185 Å². The Labute approximate surface area is 420 Å². The smallest absolute Gasteiger partial charge is 0.0726 e. The van der Waals surface area contributed by atoms with Gasteiger partial charge in [0.15, 0.2) is 0 Å². The van der Waals surface area contributed by atoms with Crippen LogP contribution in [0.4, 0.5) is 17.1 Å². The summed E-state index contributed by atoms with van der Waals surface area (Å²) in [6, 6.07) is 85.4. The lowest BCUT2D eigenvalue weighted by molar-refractivity contribution is 0.777. The van der Waals surface area contributed by atoms with Crippen molar-refractivity contribution < 1.29 is 0 Å². The Hall–Kier alpha value is -8.04. The molecule has 2 aliphatic carbocycles. The first kappa shape index (κ1) is 41.9. The molecule has 0 saturated heterocycles. The molecule has 0 fully saturated rings. The van der Waals surface area contributed by atoms with Gasteiger partial charge >= 0.3 is 0 Å². The van der Waals surface area contributed by atoms with Gasteiger partial charge in [-0.15, -0.1) is 11.3 Å². The first-order valence-corrected chi connectivity index (χ1v) is 26.0. The van der Waals surface area contributed by atoms with Crippen LogP contribution >= 0.6 is 11.3 Å². The van der Waals surface area contributed by atoms with Gasteiger partial charge in [-0.3, -0.25) is 0 Å². The molecule has 0 N–H and O–H groups in total. The van der Waals surface area contributed by atoms with Crippen LogP contribution in [0.25, 0.3) is 86.2 Å². The van der Waals surface area contributed by atoms with Crippen LogP contribution in [0.3, 0.4) is 0 Å². The van der Waals surface area contributed by atoms with E-state index in [1.54, 1.807) is 0 Å². The number of fused-ring (bicyclic) bond motifs is 15. The summed E-state index contributed by atoms with van der Waals surface area (Å²) in [6.45, 7) is 9.28. The van der Waals surface area contributed by atoms with Crippen molar-refractivity contribution in [2.24, 2.45) is 0 Å². The molecule has 1 nitrogen and oxygen atoms in total. The fraction of sp³-hybridized carbons (Fsp3) is 0.101. The van der Waals surface area contributed by atoms with Crippen molar-refractivity contribution in [2.45, 2.75) is 44.9 Å². The zero-order valence-corrected chi connectivity index (χ0v) is 41.2. The van der Waals surface area contributed by atoms with Gasteiger partial charge in [0.05, 0.1) is 5.41 Å². The molecule has 338 valence electrons. The Morgan fingerprint density at radius 1 is 0.324 bits per heavy atom. The number of thiophene rings is 1. The molecular weight excluding hydrogens is 875 g/mol. The van der Waals surface area contributed by atoms with Crippen LogP contribution in [0, 0.1) is 0 Å². The summed E-state index contributed by atoms with van der Waals surface area (Å²) >= 11 is 1.87. The summed E-state index contributed by atoms with van der Waals surface area (Å²) < 4.78 is 2.61. The first-order valence-electron chi connectivity index (χ1n) is 25.2. The Bertz CT molecular complexity index is 4070. The molecule has 0 aliphatic heterocycles. The molecule has 11 aromatic carbocycles. The van der Waals surface area contributed by atoms with E-state index in [-0.39, 0.29) is 0 Å². The number of nitrogens with zero attached hydrogens (tertiary/aromatic N) is 1. The Morgan fingerprint density at radius 2 is 0.789 bits per heavy atom. The van der Waals surface area contributed by atoms with Crippen LogP contribution in [-0.4, -0.2) is 0 Å². The Balaban J connectivity index is 0.925. The molecule has 2 heteroatoms. The second-order valence-corrected chi connectivity index (χ2v) is 21.5. The maximum absolute atomic E-state index is 2.54. The van der Waals surface area contributed by atoms with E-state index in [4.69, 9.17) is 0 Å². The standard InChI is InChI=1S/C69H51NS/c1-42(2)46-25-31-58-59-32-26-47(43(3)4)39-65(59)69(64(58)38-46)63-15-9-7-13-57(63)60-33-29-56(41-66(60)69)70(55-30-34-68-62(40-55)61-14-8-10-16-67(61)71-68)54-27-23-45(24-28-54)49-19-20-52-37-53(22-21-51(52)36-49)50-18-17-44-11-5-6-12-48(44)35-50/h5-43H,1-4H3. The van der Waals surface area contributed by atoms with Gasteiger partial charge in [0.1, 0.15) is 0 Å². The average molecular weight is 926 g/mol. The summed E-state index contributed by atoms with van der Waals surface area (Å²) in [5.41, 5.74) is 21.4. The summed E-state index contributed by atoms with van der Waals surface area (Å²) in [6.07, 6.45) is 0. The van der Waals surface area contributed by atoms with Gasteiger partial charge in [0, 0.05) is 37.2 Å². The average Bonchev–Trinajstić information content (AvgIpc) is 4.04. The summed E-state index contributed by atoms with van der Waals surface area (Å²) in [7, 11) is 0. The molecule has 1 heterocycles. The summed E-state index contributed by atoms with van der Waals surface area (Å²) in [4.78, 5) is 2.49. The van der Waals surface area contributed by atoms with Crippen LogP contribution < -0.4 is 4.90 Å². The maximum Gasteiger partial charge on any atom is 0.0726 e. The molecule has 0 radical (unpaired) electrons. The molecule has 71 heavy (non-hydrogen) atoms. The lowest BCUT2D eigenvalue weighted by Gasteiger charge is -2.33. The molecule has 0 atom stereocenters. The third-order valence-electron chi connectivity index (χ3n) is 15.8. The lowest BCUT2D eigenvalue weighted by Crippen LogP contribution is -2.26. The molecule has 14 rings (SSSR count). The minimum Gasteiger partial charge on any atom is -0.310 e. The second-order valence-electron chi connectivity index (χ2n) is 20.4. The van der Waals surface area contributed by atoms with E-state index < -0.39 is 5.41 Å². The Kier molecular flexibility index (Phi) is 9.44. The number of hydrogen-bond acceptors (Lipinski definition) is 2. The molecule has 12 aromatic rings. The Morgan fingerprint density at radius 3 is 1.46 bits per heavy atom. The zero-order valence-electron chi connectivity index (χ0n) is 40.4. The van der Waals surface area contributed by atoms with E-state index in [1.807, 2.05) is 11.3 Å². The molecule has 0 unspecified atom stereocenters. The second kappa shape index (κ2) is 16.0. The van der Waals surface area contributed by atoms with Gasteiger partial charge in [0.2, 0.25) is 0 Å². The topological polar surface area (TPSA) is 3.24 Å². The highest BCUT2D eigenvalue weighted by Gasteiger charge is 2.52. The predicted molar refractivity (Wildman–Crippen MR) is 304 cm³/mol. The van der Waals surface area contributed by atoms with Crippen LogP contribution in [0.15, 0.2) is 224 Å². The van der Waals surface area contributed by atoms with Crippen LogP contribution in [0.2, 0.25) is 0 Å². The molecule has 1 aromatic heterocycles. The van der Waals surface area contributed by atoms with E-state index in [0.717, 1.165) is 17.1 Å². The van der Waals surface area contributed by atoms with Crippen molar-refractivity contribution in [3.8, 4) is 44.5 Å². The van der Waals surface area contributed by atoms with Gasteiger partial charge in [-0.25, -0.2) is 0 Å². The van der Waals surface area contributed by atoms with E-state index in [1.165, 1.54) is 120 Å². The third-order valence-corrected chi connectivity index (χ3v) is 17.0. The fourth-order valence-electron chi connectivity index (χ4n) is 12.1. The molecule has 0 amide bonds. The largest absolute Gasteiger partial charge is 0.310 e. The molecular formula is C69H51NS. The monoisotopic (exact) mass is 925 g/mol. The molecule has 0 bridgehead atoms. The fourth-order valence-corrected chi connectivity index (χ4v) is 13.2. The van der Waals surface area contributed by atoms with Crippen molar-refractivity contribution in [3.05, 3.63) is 258 Å². The summed E-state index contributed by atoms with van der Waals surface area (Å²) in [5, 5.41) is 7.59. The number of anilines is 3. The highest BCUT2D eigenvalue weighted by Crippen LogP contribution is 2.64. The van der Waals surface area contributed by atoms with E-state index in [0.29, 0.717) is 11.8 Å². The van der Waals surface area contributed by atoms with E-state index >= 15 is 0 Å². The van der Waals surface area contributed by atoms with Crippen molar-refractivity contribution >= 4 is 70.1 Å². The lowest BCUT2D eigenvalue weighted by atomic mass is 9.69. The zero-order chi connectivity index (χ0) is 47.5. The minimum atomic E-state index is -0.474. The van der Waals surface area contributed by atoms with Crippen molar-refractivity contribution in [3.63, 3.8) is 0 Å². The van der Waals surface area contributed by atoms with Crippen molar-refractivity contribution in [1.82, 2.24) is 0 Å². The summed E-state index contributed by atoms with van der Waals surface area (Å²) in [5.74, 6) is 0.805. The molecule has 0 saturated carbocycles. The maximum atomic E-state index is 2.54. The first-order chi connectivity index (χ1) is 34.8. The van der Waals surface area contributed by atoms with Crippen LogP contribution in [-0.2, 0) is 5.41 Å². The highest BCUT2D eigenvalue weighted by molar-refractivity contribution is 7.25. The quantitative estimate of drug-likeness (QED) is 0.154. The molecule has 1 spiro atoms. The SMILES string of the molecule is CC(C)c1ccc2c(c1)C1(c3ccccc3-c3ccc(N(c4ccc(-c5ccc6cc(-c7ccc8ccccc8c7)ccc6c5)cc4)c4ccc5sc6ccccc6c5c4)cc31)c1cc(C(C)C)ccc1-2. The predicted octanol–water partition coefficient (Wildman–Crippen LogP) is 19.8. The third kappa shape index (κ3) is 6.44. The van der Waals surface area contributed by atoms with Crippen LogP contribution in [0.5, 0.6) is 0 Å². The number of rotatable bonds is 7. The van der Waals surface area contributed by atoms with Crippen molar-refractivity contribution in [2.75, 3.05) is 4.90 Å². The van der Waals surface area contributed by atoms with E-state index in [2.05, 4.69) is 257 Å². The minimum absolute atomic E-state index is 0.403. The van der Waals surface area contributed by atoms with E-state index in [9.17, 15) is 0 Å². The highest BCUT2D eigenvalue weighted by atomic mass is 32.1. The number of hydrogen-bond donors (Lipinski definition) is 0. The normalized spacial score (nSPS) is 13.2.